The third kappa shape index (κ3) is 1.25. The highest BCUT2D eigenvalue weighted by Crippen LogP contribution is 2.61. The van der Waals surface area contributed by atoms with Crippen molar-refractivity contribution in [2.24, 2.45) is 11.3 Å². The number of rotatable bonds is 2. The largest absolute Gasteiger partial charge is 0.297 e. The molecule has 0 bridgehead atoms. The van der Waals surface area contributed by atoms with Gasteiger partial charge in [0.15, 0.2) is 0 Å². The quantitative estimate of drug-likeness (QED) is 0.661. The number of fused-ring (bicyclic) bond motifs is 1. The van der Waals surface area contributed by atoms with Crippen molar-refractivity contribution in [1.29, 1.82) is 0 Å². The second-order valence-electron chi connectivity index (χ2n) is 5.39. The van der Waals surface area contributed by atoms with Crippen LogP contribution in [0.1, 0.15) is 60.5 Å². The monoisotopic (exact) mass is 199 g/mol. The molecule has 3 fully saturated rings. The summed E-state index contributed by atoms with van der Waals surface area (Å²) in [5, 5.41) is 0. The molecule has 1 aliphatic carbocycles. The Balaban J connectivity index is 2.15. The molecule has 3 rings (SSSR count). The summed E-state index contributed by atoms with van der Waals surface area (Å²) in [6, 6.07) is 0. The van der Waals surface area contributed by atoms with Crippen LogP contribution in [0.2, 0.25) is 0 Å². The lowest BCUT2D eigenvalue weighted by atomic mass is 9.82. The molecule has 14 heavy (non-hydrogen) atoms. The SMILES string of the molecule is [2H]C1([2H])CC[C@@]2(C([2H])([2H])C(C)C)CC3(CC3)C([2H])([2H])N12. The molecule has 1 atom stereocenters. The van der Waals surface area contributed by atoms with E-state index in [4.69, 9.17) is 8.22 Å². The van der Waals surface area contributed by atoms with Crippen molar-refractivity contribution in [3.8, 4) is 0 Å². The molecule has 3 aliphatic rings. The predicted molar refractivity (Wildman–Crippen MR) is 59.3 cm³/mol. The lowest BCUT2D eigenvalue weighted by Gasteiger charge is -2.33. The van der Waals surface area contributed by atoms with Gasteiger partial charge in [-0.1, -0.05) is 13.8 Å². The second-order valence-corrected chi connectivity index (χ2v) is 5.39. The maximum atomic E-state index is 8.55. The van der Waals surface area contributed by atoms with Crippen molar-refractivity contribution in [3.05, 3.63) is 0 Å². The van der Waals surface area contributed by atoms with Gasteiger partial charge < -0.3 is 0 Å². The van der Waals surface area contributed by atoms with Crippen LogP contribution in [0.15, 0.2) is 0 Å². The van der Waals surface area contributed by atoms with Crippen LogP contribution in [-0.4, -0.2) is 23.4 Å². The molecule has 0 aromatic heterocycles. The summed E-state index contributed by atoms with van der Waals surface area (Å²) in [5.74, 6) is -0.261. The Bertz CT molecular complexity index is 442. The smallest absolute Gasteiger partial charge is 0.0437 e. The van der Waals surface area contributed by atoms with Gasteiger partial charge in [-0.3, -0.25) is 4.90 Å². The summed E-state index contributed by atoms with van der Waals surface area (Å²) in [5.41, 5.74) is -1.52. The van der Waals surface area contributed by atoms with E-state index in [0.717, 1.165) is 12.8 Å². The van der Waals surface area contributed by atoms with E-state index in [1.165, 1.54) is 4.90 Å². The number of hydrogen-bond acceptors (Lipinski definition) is 1. The Labute approximate surface area is 96.3 Å². The van der Waals surface area contributed by atoms with Crippen LogP contribution in [0.5, 0.6) is 0 Å². The van der Waals surface area contributed by atoms with E-state index < -0.39 is 30.3 Å². The number of hydrogen-bond donors (Lipinski definition) is 0. The normalized spacial score (nSPS) is 54.2. The molecule has 2 saturated heterocycles. The molecule has 0 amide bonds. The lowest BCUT2D eigenvalue weighted by molar-refractivity contribution is 0.163. The molecule has 0 unspecified atom stereocenters. The van der Waals surface area contributed by atoms with E-state index in [1.54, 1.807) is 0 Å². The van der Waals surface area contributed by atoms with E-state index >= 15 is 0 Å². The van der Waals surface area contributed by atoms with Gasteiger partial charge in [0, 0.05) is 20.3 Å². The minimum absolute atomic E-state index is 0.217. The highest BCUT2D eigenvalue weighted by Gasteiger charge is 2.59. The van der Waals surface area contributed by atoms with Crippen LogP contribution in [0, 0.1) is 11.3 Å². The van der Waals surface area contributed by atoms with Crippen molar-refractivity contribution in [1.82, 2.24) is 4.90 Å². The summed E-state index contributed by atoms with van der Waals surface area (Å²) in [6.07, 6.45) is 1.00. The van der Waals surface area contributed by atoms with Gasteiger partial charge in [0.25, 0.3) is 0 Å². The molecule has 1 spiro atoms. The average Bonchev–Trinajstić information content (AvgIpc) is 2.94. The first-order valence-corrected chi connectivity index (χ1v) is 5.74. The van der Waals surface area contributed by atoms with Crippen molar-refractivity contribution < 1.29 is 8.22 Å². The summed E-state index contributed by atoms with van der Waals surface area (Å²) < 4.78 is 50.4. The van der Waals surface area contributed by atoms with Crippen LogP contribution in [0.3, 0.4) is 0 Å². The van der Waals surface area contributed by atoms with Gasteiger partial charge in [0.05, 0.1) is 0 Å². The number of nitrogens with zero attached hydrogens (tertiary/aromatic N) is 1. The highest BCUT2D eigenvalue weighted by molar-refractivity contribution is 5.13. The van der Waals surface area contributed by atoms with Gasteiger partial charge in [0.2, 0.25) is 0 Å². The minimum Gasteiger partial charge on any atom is -0.297 e. The summed E-state index contributed by atoms with van der Waals surface area (Å²) in [4.78, 5) is 1.29. The fraction of sp³-hybridized carbons (Fsp3) is 1.00. The Kier molecular flexibility index (Phi) is 0.955. The Morgan fingerprint density at radius 3 is 2.86 bits per heavy atom. The first-order chi connectivity index (χ1) is 8.93. The maximum absolute atomic E-state index is 8.55. The first kappa shape index (κ1) is 4.86. The van der Waals surface area contributed by atoms with Crippen molar-refractivity contribution in [3.63, 3.8) is 0 Å². The van der Waals surface area contributed by atoms with E-state index in [1.807, 2.05) is 13.8 Å². The van der Waals surface area contributed by atoms with Crippen molar-refractivity contribution in [2.45, 2.75) is 57.9 Å². The molecule has 1 saturated carbocycles. The van der Waals surface area contributed by atoms with Gasteiger partial charge in [0.1, 0.15) is 0 Å². The first-order valence-electron chi connectivity index (χ1n) is 8.74. The molecular formula is C13H23N. The van der Waals surface area contributed by atoms with Crippen LogP contribution in [0.4, 0.5) is 0 Å². The Morgan fingerprint density at radius 2 is 2.21 bits per heavy atom. The molecule has 1 heteroatoms. The summed E-state index contributed by atoms with van der Waals surface area (Å²) >= 11 is 0. The highest BCUT2D eigenvalue weighted by atomic mass is 15.3. The molecule has 80 valence electrons. The molecule has 0 N–H and O–H groups in total. The standard InChI is InChI=1S/C13H23N/c1-11(2)8-13-4-3-7-14(13)10-12(9-13)5-6-12/h11H,3-10H2,1-2H3/t13-/m1/s1/i7D2,8D2,10D2. The molecule has 2 aliphatic heterocycles. The van der Waals surface area contributed by atoms with Crippen LogP contribution >= 0.6 is 0 Å². The fourth-order valence-electron chi connectivity index (χ4n) is 2.95. The minimum atomic E-state index is -1.75. The zero-order valence-corrected chi connectivity index (χ0v) is 9.06. The van der Waals surface area contributed by atoms with Crippen LogP contribution in [-0.2, 0) is 0 Å². The van der Waals surface area contributed by atoms with Gasteiger partial charge in [-0.2, -0.15) is 0 Å². The van der Waals surface area contributed by atoms with Crippen molar-refractivity contribution in [2.75, 3.05) is 13.0 Å². The third-order valence-electron chi connectivity index (χ3n) is 3.63. The maximum Gasteiger partial charge on any atom is 0.0437 e. The fourth-order valence-corrected chi connectivity index (χ4v) is 2.95. The van der Waals surface area contributed by atoms with Crippen molar-refractivity contribution >= 4 is 0 Å². The van der Waals surface area contributed by atoms with E-state index in [2.05, 4.69) is 0 Å². The topological polar surface area (TPSA) is 3.24 Å². The Morgan fingerprint density at radius 1 is 1.43 bits per heavy atom. The van der Waals surface area contributed by atoms with E-state index in [0.29, 0.717) is 12.8 Å². The molecule has 0 aromatic rings. The van der Waals surface area contributed by atoms with Gasteiger partial charge in [-0.15, -0.1) is 0 Å². The molecular weight excluding hydrogens is 170 g/mol. The molecule has 0 radical (unpaired) electrons. The van der Waals surface area contributed by atoms with Gasteiger partial charge >= 0.3 is 0 Å². The van der Waals surface area contributed by atoms with Crippen LogP contribution < -0.4 is 0 Å². The summed E-state index contributed by atoms with van der Waals surface area (Å²) in [7, 11) is 0. The Hall–Kier alpha value is -0.0400. The molecule has 0 aromatic carbocycles. The zero-order valence-electron chi connectivity index (χ0n) is 15.1. The van der Waals surface area contributed by atoms with E-state index in [9.17, 15) is 0 Å². The summed E-state index contributed by atoms with van der Waals surface area (Å²) in [6.45, 7) is 0.135. The second kappa shape index (κ2) is 2.75. The van der Waals surface area contributed by atoms with Gasteiger partial charge in [-0.25, -0.2) is 0 Å². The van der Waals surface area contributed by atoms with E-state index in [-0.39, 0.29) is 12.3 Å². The average molecular weight is 199 g/mol. The van der Waals surface area contributed by atoms with Crippen LogP contribution in [0.25, 0.3) is 0 Å². The predicted octanol–water partition coefficient (Wildman–Crippen LogP) is 3.05. The third-order valence-corrected chi connectivity index (χ3v) is 3.63. The molecule has 2 heterocycles. The molecule has 1 nitrogen and oxygen atoms in total. The van der Waals surface area contributed by atoms with Gasteiger partial charge in [-0.05, 0) is 56.3 Å². The lowest BCUT2D eigenvalue weighted by Crippen LogP contribution is -2.39. The zero-order chi connectivity index (χ0) is 15.2.